The Kier molecular flexibility index (Phi) is 5.43. The standard InChI is InChI=1S/C20H20O3S/c1-4-23-19(22)16(13(2)21)20(24-3)17(14-9-5-6-10-14)18(20)15-11-7-8-12-15/h5-12,16H,4H2,1-3H3. The fraction of sp³-hybridized carbons (Fsp3) is 0.300. The highest BCUT2D eigenvalue weighted by molar-refractivity contribution is 8.00. The van der Waals surface area contributed by atoms with E-state index in [1.54, 1.807) is 18.7 Å². The fourth-order valence-electron chi connectivity index (χ4n) is 3.53. The van der Waals surface area contributed by atoms with E-state index in [1.807, 2.05) is 57.6 Å². The molecule has 2 saturated carbocycles. The highest BCUT2D eigenvalue weighted by Crippen LogP contribution is 2.68. The van der Waals surface area contributed by atoms with Crippen LogP contribution in [0.1, 0.15) is 13.8 Å². The van der Waals surface area contributed by atoms with Gasteiger partial charge in [0.25, 0.3) is 0 Å². The quantitative estimate of drug-likeness (QED) is 0.528. The number of ether oxygens (including phenoxy) is 1. The number of carbonyl (C=O) groups is 2. The Morgan fingerprint density at radius 1 is 1.04 bits per heavy atom. The van der Waals surface area contributed by atoms with Crippen molar-refractivity contribution in [2.45, 2.75) is 18.6 Å². The molecule has 0 amide bonds. The van der Waals surface area contributed by atoms with E-state index in [0.29, 0.717) is 0 Å². The predicted molar refractivity (Wildman–Crippen MR) is 95.0 cm³/mol. The molecule has 0 saturated heterocycles. The molecular weight excluding hydrogens is 320 g/mol. The van der Waals surface area contributed by atoms with Gasteiger partial charge in [-0.3, -0.25) is 9.59 Å². The number of rotatable bonds is 7. The Morgan fingerprint density at radius 2 is 1.50 bits per heavy atom. The molecule has 1 unspecified atom stereocenters. The molecule has 0 aromatic carbocycles. The second kappa shape index (κ2) is 7.23. The van der Waals surface area contributed by atoms with Crippen molar-refractivity contribution in [3.63, 3.8) is 0 Å². The summed E-state index contributed by atoms with van der Waals surface area (Å²) in [6.07, 6.45) is 18.0. The molecule has 3 aliphatic carbocycles. The number of esters is 1. The normalized spacial score (nSPS) is 25.1. The summed E-state index contributed by atoms with van der Waals surface area (Å²) in [5.41, 5.74) is 2.14. The molecular formula is C20H20O3S. The number of ketones is 1. The molecule has 2 fully saturated rings. The Hall–Kier alpha value is -0.770. The lowest BCUT2D eigenvalue weighted by atomic mass is 9.88. The second-order valence-corrected chi connectivity index (χ2v) is 6.88. The third kappa shape index (κ3) is 2.85. The highest BCUT2D eigenvalue weighted by Gasteiger charge is 2.65. The Labute approximate surface area is 150 Å². The fourth-order valence-corrected chi connectivity index (χ4v) is 4.83. The summed E-state index contributed by atoms with van der Waals surface area (Å²) < 4.78 is 4.59. The molecule has 4 heteroatoms. The lowest BCUT2D eigenvalue weighted by Crippen LogP contribution is -2.39. The van der Waals surface area contributed by atoms with Gasteiger partial charge in [-0.05, 0) is 82.6 Å². The van der Waals surface area contributed by atoms with Crippen molar-refractivity contribution in [1.82, 2.24) is 0 Å². The number of thioether (sulfide) groups is 1. The smallest absolute Gasteiger partial charge is 0.318 e. The summed E-state index contributed by atoms with van der Waals surface area (Å²) in [7, 11) is 0. The minimum absolute atomic E-state index is 0.159. The van der Waals surface area contributed by atoms with Gasteiger partial charge in [-0.25, -0.2) is 0 Å². The van der Waals surface area contributed by atoms with Gasteiger partial charge in [0.2, 0.25) is 0 Å². The largest absolute Gasteiger partial charge is 0.465 e. The zero-order valence-corrected chi connectivity index (χ0v) is 14.9. The van der Waals surface area contributed by atoms with E-state index in [-0.39, 0.29) is 12.4 Å². The second-order valence-electron chi connectivity index (χ2n) is 5.83. The molecule has 0 N–H and O–H groups in total. The number of hydrogen-bond acceptors (Lipinski definition) is 4. The van der Waals surface area contributed by atoms with E-state index in [1.165, 1.54) is 6.92 Å². The van der Waals surface area contributed by atoms with E-state index in [2.05, 4.69) is 0 Å². The van der Waals surface area contributed by atoms with Gasteiger partial charge in [0.05, 0.1) is 11.4 Å². The summed E-state index contributed by atoms with van der Waals surface area (Å²) in [4.78, 5) is 25.0. The Bertz CT molecular complexity index is 513. The third-order valence-corrected chi connectivity index (χ3v) is 5.78. The zero-order valence-electron chi connectivity index (χ0n) is 14.0. The molecule has 3 nitrogen and oxygen atoms in total. The highest BCUT2D eigenvalue weighted by atomic mass is 32.2. The maximum absolute atomic E-state index is 12.6. The van der Waals surface area contributed by atoms with Gasteiger partial charge in [0, 0.05) is 11.8 Å². The molecule has 124 valence electrons. The van der Waals surface area contributed by atoms with Crippen LogP contribution in [0.25, 0.3) is 0 Å². The lowest BCUT2D eigenvalue weighted by molar-refractivity contribution is -0.151. The molecule has 3 rings (SSSR count). The molecule has 0 aliphatic heterocycles. The van der Waals surface area contributed by atoms with Gasteiger partial charge >= 0.3 is 5.97 Å². The van der Waals surface area contributed by atoms with Crippen molar-refractivity contribution in [1.29, 1.82) is 0 Å². The molecule has 0 aromatic heterocycles. The van der Waals surface area contributed by atoms with Gasteiger partial charge in [0.1, 0.15) is 11.7 Å². The number of carbonyl (C=O) groups excluding carboxylic acids is 2. The molecule has 0 heterocycles. The van der Waals surface area contributed by atoms with Gasteiger partial charge < -0.3 is 4.74 Å². The van der Waals surface area contributed by atoms with Crippen molar-refractivity contribution in [3.05, 3.63) is 74.3 Å². The first-order valence-corrected chi connectivity index (χ1v) is 9.22. The average molecular weight is 340 g/mol. The first kappa shape index (κ1) is 18.0. The molecule has 24 heavy (non-hydrogen) atoms. The van der Waals surface area contributed by atoms with Crippen LogP contribution in [0.4, 0.5) is 0 Å². The van der Waals surface area contributed by atoms with Crippen LogP contribution < -0.4 is 0 Å². The van der Waals surface area contributed by atoms with Gasteiger partial charge in [-0.2, -0.15) is 0 Å². The number of hydrogen-bond donors (Lipinski definition) is 0. The zero-order chi connectivity index (χ0) is 17.3. The summed E-state index contributed by atoms with van der Waals surface area (Å²) in [5, 5.41) is 0. The van der Waals surface area contributed by atoms with Crippen LogP contribution in [0.5, 0.6) is 0 Å². The third-order valence-electron chi connectivity index (χ3n) is 4.49. The van der Waals surface area contributed by atoms with E-state index < -0.39 is 16.6 Å². The van der Waals surface area contributed by atoms with Crippen molar-refractivity contribution in [3.8, 4) is 0 Å². The minimum atomic E-state index is -0.817. The van der Waals surface area contributed by atoms with E-state index >= 15 is 0 Å². The van der Waals surface area contributed by atoms with Crippen LogP contribution in [0.15, 0.2) is 11.1 Å². The topological polar surface area (TPSA) is 43.4 Å². The lowest BCUT2D eigenvalue weighted by Gasteiger charge is -2.28. The van der Waals surface area contributed by atoms with Crippen LogP contribution in [-0.2, 0) is 14.3 Å². The van der Waals surface area contributed by atoms with Crippen LogP contribution >= 0.6 is 11.8 Å². The summed E-state index contributed by atoms with van der Waals surface area (Å²) in [6, 6.07) is 0. The van der Waals surface area contributed by atoms with Crippen molar-refractivity contribution < 1.29 is 14.3 Å². The van der Waals surface area contributed by atoms with Crippen LogP contribution in [-0.4, -0.2) is 29.4 Å². The molecule has 0 aromatic rings. The SMILES string of the molecule is CCOC(=O)C(C(C)=O)C1(SC)C([C]2[CH][CH][CH][CH]2)=C1[C]1[CH][CH][CH][CH]1. The molecule has 0 bridgehead atoms. The van der Waals surface area contributed by atoms with E-state index in [0.717, 1.165) is 23.0 Å². The predicted octanol–water partition coefficient (Wildman–Crippen LogP) is 2.98. The average Bonchev–Trinajstić information content (AvgIpc) is 3.02. The van der Waals surface area contributed by atoms with E-state index in [9.17, 15) is 9.59 Å². The molecule has 10 radical (unpaired) electrons. The van der Waals surface area contributed by atoms with Crippen molar-refractivity contribution in [2.24, 2.45) is 5.92 Å². The maximum Gasteiger partial charge on any atom is 0.318 e. The first-order valence-electron chi connectivity index (χ1n) is 7.99. The summed E-state index contributed by atoms with van der Waals surface area (Å²) >= 11 is 1.55. The van der Waals surface area contributed by atoms with Crippen molar-refractivity contribution in [2.75, 3.05) is 12.9 Å². The minimum Gasteiger partial charge on any atom is -0.465 e. The van der Waals surface area contributed by atoms with Crippen LogP contribution in [0, 0.1) is 69.1 Å². The van der Waals surface area contributed by atoms with Gasteiger partial charge in [-0.15, -0.1) is 11.8 Å². The summed E-state index contributed by atoms with van der Waals surface area (Å²) in [6.45, 7) is 3.50. The Morgan fingerprint density at radius 3 is 1.83 bits per heavy atom. The van der Waals surface area contributed by atoms with Crippen LogP contribution in [0.2, 0.25) is 0 Å². The molecule has 0 spiro atoms. The van der Waals surface area contributed by atoms with E-state index in [4.69, 9.17) is 4.74 Å². The van der Waals surface area contributed by atoms with Crippen LogP contribution in [0.3, 0.4) is 0 Å². The molecule has 3 aliphatic rings. The van der Waals surface area contributed by atoms with Gasteiger partial charge in [0.15, 0.2) is 0 Å². The Balaban J connectivity index is 1.96. The first-order chi connectivity index (χ1) is 11.6. The summed E-state index contributed by atoms with van der Waals surface area (Å²) in [5.74, 6) is 0.716. The van der Waals surface area contributed by atoms with Gasteiger partial charge in [-0.1, -0.05) is 0 Å². The number of Topliss-reactive ketones (excluding diaryl/α,β-unsaturated/α-hetero) is 1. The monoisotopic (exact) mass is 340 g/mol. The van der Waals surface area contributed by atoms with Crippen molar-refractivity contribution >= 4 is 23.5 Å². The maximum atomic E-state index is 12.6. The molecule has 1 atom stereocenters.